The SMILES string of the molecule is O=C([O-])C(=C(F)F)c1c(Cl)cc(Cl)cc1Cl. The number of hydrogen-bond donors (Lipinski definition) is 0. The number of hydrogen-bond acceptors (Lipinski definition) is 2. The molecule has 86 valence electrons. The second-order valence-corrected chi connectivity index (χ2v) is 3.92. The zero-order chi connectivity index (χ0) is 12.5. The molecule has 0 aliphatic rings. The van der Waals surface area contributed by atoms with Gasteiger partial charge in [0.2, 0.25) is 0 Å². The van der Waals surface area contributed by atoms with E-state index in [4.69, 9.17) is 34.8 Å². The fourth-order valence-electron chi connectivity index (χ4n) is 1.05. The predicted octanol–water partition coefficient (Wildman–Crippen LogP) is 3.00. The quantitative estimate of drug-likeness (QED) is 0.784. The molecule has 0 amide bonds. The summed E-state index contributed by atoms with van der Waals surface area (Å²) in [5, 5.41) is 10.1. The molecule has 0 fully saturated rings. The van der Waals surface area contributed by atoms with Crippen molar-refractivity contribution in [1.82, 2.24) is 0 Å². The Kier molecular flexibility index (Phi) is 4.13. The summed E-state index contributed by atoms with van der Waals surface area (Å²) in [6.07, 6.45) is -2.44. The Morgan fingerprint density at radius 3 is 1.88 bits per heavy atom. The van der Waals surface area contributed by atoms with Crippen molar-refractivity contribution in [2.45, 2.75) is 0 Å². The van der Waals surface area contributed by atoms with Gasteiger partial charge in [0.1, 0.15) is 0 Å². The molecule has 1 aromatic carbocycles. The smallest absolute Gasteiger partial charge is 0.280 e. The van der Waals surface area contributed by atoms with Crippen LogP contribution < -0.4 is 5.11 Å². The van der Waals surface area contributed by atoms with Crippen molar-refractivity contribution >= 4 is 46.3 Å². The van der Waals surface area contributed by atoms with Crippen LogP contribution in [0.15, 0.2) is 18.2 Å². The first kappa shape index (κ1) is 13.2. The summed E-state index contributed by atoms with van der Waals surface area (Å²) in [7, 11) is 0. The summed E-state index contributed by atoms with van der Waals surface area (Å²) in [6.45, 7) is 0. The van der Waals surface area contributed by atoms with Gasteiger partial charge in [0, 0.05) is 10.6 Å². The Morgan fingerprint density at radius 1 is 1.12 bits per heavy atom. The molecule has 0 radical (unpaired) electrons. The van der Waals surface area contributed by atoms with Crippen LogP contribution in [0.5, 0.6) is 0 Å². The number of carbonyl (C=O) groups is 1. The molecular weight excluding hydrogens is 284 g/mol. The topological polar surface area (TPSA) is 40.1 Å². The van der Waals surface area contributed by atoms with Crippen LogP contribution in [-0.2, 0) is 4.79 Å². The Bertz CT molecular complexity index is 459. The number of carbonyl (C=O) groups excluding carboxylic acids is 1. The van der Waals surface area contributed by atoms with E-state index in [1.165, 1.54) is 0 Å². The van der Waals surface area contributed by atoms with Crippen LogP contribution in [0.2, 0.25) is 15.1 Å². The van der Waals surface area contributed by atoms with Gasteiger partial charge >= 0.3 is 0 Å². The molecule has 0 bridgehead atoms. The third-order valence-electron chi connectivity index (χ3n) is 1.65. The first-order chi connectivity index (χ1) is 7.34. The van der Waals surface area contributed by atoms with Crippen LogP contribution in [0.4, 0.5) is 8.78 Å². The lowest BCUT2D eigenvalue weighted by Crippen LogP contribution is -2.24. The maximum Gasteiger partial charge on any atom is 0.280 e. The first-order valence-electron chi connectivity index (χ1n) is 3.76. The summed E-state index contributed by atoms with van der Waals surface area (Å²) in [5.74, 6) is -2.06. The average Bonchev–Trinajstić information content (AvgIpc) is 2.09. The number of carboxylic acids is 1. The van der Waals surface area contributed by atoms with E-state index < -0.39 is 23.2 Å². The van der Waals surface area contributed by atoms with Crippen molar-refractivity contribution in [2.24, 2.45) is 0 Å². The highest BCUT2D eigenvalue weighted by atomic mass is 35.5. The molecule has 0 aliphatic heterocycles. The molecule has 0 aliphatic carbocycles. The second kappa shape index (κ2) is 4.99. The molecule has 0 saturated carbocycles. The largest absolute Gasteiger partial charge is 0.545 e. The van der Waals surface area contributed by atoms with E-state index in [-0.39, 0.29) is 15.1 Å². The number of carboxylic acid groups (broad SMARTS) is 1. The third-order valence-corrected chi connectivity index (χ3v) is 2.46. The van der Waals surface area contributed by atoms with Gasteiger partial charge in [0.05, 0.1) is 21.6 Å². The molecule has 0 atom stereocenters. The second-order valence-electron chi connectivity index (χ2n) is 2.67. The van der Waals surface area contributed by atoms with E-state index >= 15 is 0 Å². The van der Waals surface area contributed by atoms with Crippen molar-refractivity contribution < 1.29 is 18.7 Å². The van der Waals surface area contributed by atoms with Gasteiger partial charge in [-0.25, -0.2) is 0 Å². The van der Waals surface area contributed by atoms with Crippen LogP contribution in [0.25, 0.3) is 5.57 Å². The van der Waals surface area contributed by atoms with Gasteiger partial charge in [0.15, 0.2) is 0 Å². The van der Waals surface area contributed by atoms with Gasteiger partial charge in [-0.2, -0.15) is 8.78 Å². The third kappa shape index (κ3) is 2.64. The standard InChI is InChI=1S/C9H3Cl3F2O2/c10-3-1-4(11)6(5(12)2-3)7(8(13)14)9(15)16/h1-2H,(H,15,16)/p-1. The summed E-state index contributed by atoms with van der Waals surface area (Å²) in [5.41, 5.74) is -1.85. The molecule has 0 saturated heterocycles. The average molecular weight is 286 g/mol. The molecule has 7 heteroatoms. The van der Waals surface area contributed by atoms with E-state index in [1.54, 1.807) is 0 Å². The minimum absolute atomic E-state index is 0.107. The summed E-state index contributed by atoms with van der Waals surface area (Å²) in [4.78, 5) is 10.5. The molecular formula is C9H2Cl3F2O2-. The summed E-state index contributed by atoms with van der Waals surface area (Å²) < 4.78 is 24.8. The van der Waals surface area contributed by atoms with Gasteiger partial charge in [-0.1, -0.05) is 34.8 Å². The summed E-state index contributed by atoms with van der Waals surface area (Å²) >= 11 is 16.7. The number of halogens is 5. The highest BCUT2D eigenvalue weighted by Gasteiger charge is 2.18. The van der Waals surface area contributed by atoms with Gasteiger partial charge < -0.3 is 9.90 Å². The highest BCUT2D eigenvalue weighted by molar-refractivity contribution is 6.42. The Balaban J connectivity index is 3.55. The van der Waals surface area contributed by atoms with Gasteiger partial charge in [0.25, 0.3) is 6.08 Å². The minimum atomic E-state index is -2.44. The predicted molar refractivity (Wildman–Crippen MR) is 55.6 cm³/mol. The van der Waals surface area contributed by atoms with Crippen LogP contribution in [0.3, 0.4) is 0 Å². The Labute approximate surface area is 104 Å². The maximum atomic E-state index is 12.4. The molecule has 0 N–H and O–H groups in total. The van der Waals surface area contributed by atoms with E-state index in [2.05, 4.69) is 0 Å². The van der Waals surface area contributed by atoms with Gasteiger partial charge in [-0.15, -0.1) is 0 Å². The molecule has 0 aromatic heterocycles. The van der Waals surface area contributed by atoms with Crippen LogP contribution in [0, 0.1) is 0 Å². The fraction of sp³-hybridized carbons (Fsp3) is 0. The molecule has 16 heavy (non-hydrogen) atoms. The molecule has 2 nitrogen and oxygen atoms in total. The normalized spacial score (nSPS) is 10.1. The van der Waals surface area contributed by atoms with Crippen molar-refractivity contribution in [1.29, 1.82) is 0 Å². The Hall–Kier alpha value is -0.840. The van der Waals surface area contributed by atoms with E-state index in [0.29, 0.717) is 0 Å². The number of aliphatic carboxylic acids is 1. The fourth-order valence-corrected chi connectivity index (χ4v) is 2.06. The maximum absolute atomic E-state index is 12.4. The lowest BCUT2D eigenvalue weighted by Gasteiger charge is -2.11. The Morgan fingerprint density at radius 2 is 1.56 bits per heavy atom. The highest BCUT2D eigenvalue weighted by Crippen LogP contribution is 2.35. The van der Waals surface area contributed by atoms with Crippen LogP contribution in [0.1, 0.15) is 5.56 Å². The van der Waals surface area contributed by atoms with Crippen molar-refractivity contribution in [3.8, 4) is 0 Å². The summed E-state index contributed by atoms with van der Waals surface area (Å²) in [6, 6.07) is 2.21. The molecule has 1 aromatic rings. The zero-order valence-electron chi connectivity index (χ0n) is 7.36. The molecule has 0 heterocycles. The molecule has 0 spiro atoms. The first-order valence-corrected chi connectivity index (χ1v) is 4.89. The zero-order valence-corrected chi connectivity index (χ0v) is 9.63. The van der Waals surface area contributed by atoms with Crippen molar-refractivity contribution in [3.63, 3.8) is 0 Å². The van der Waals surface area contributed by atoms with E-state index in [9.17, 15) is 18.7 Å². The molecule has 1 rings (SSSR count). The number of rotatable bonds is 2. The van der Waals surface area contributed by atoms with Crippen molar-refractivity contribution in [2.75, 3.05) is 0 Å². The number of benzene rings is 1. The minimum Gasteiger partial charge on any atom is -0.545 e. The monoisotopic (exact) mass is 285 g/mol. The lowest BCUT2D eigenvalue weighted by molar-refractivity contribution is -0.295. The van der Waals surface area contributed by atoms with Crippen LogP contribution >= 0.6 is 34.8 Å². The molecule has 0 unspecified atom stereocenters. The van der Waals surface area contributed by atoms with Gasteiger partial charge in [-0.05, 0) is 12.1 Å². The lowest BCUT2D eigenvalue weighted by atomic mass is 10.1. The van der Waals surface area contributed by atoms with E-state index in [0.717, 1.165) is 12.1 Å². The van der Waals surface area contributed by atoms with Crippen molar-refractivity contribution in [3.05, 3.63) is 38.8 Å². The van der Waals surface area contributed by atoms with Crippen LogP contribution in [-0.4, -0.2) is 5.97 Å². The van der Waals surface area contributed by atoms with Gasteiger partial charge in [-0.3, -0.25) is 0 Å². The van der Waals surface area contributed by atoms with E-state index in [1.807, 2.05) is 0 Å².